The van der Waals surface area contributed by atoms with E-state index in [2.05, 4.69) is 6.92 Å². The van der Waals surface area contributed by atoms with Gasteiger partial charge in [0.25, 0.3) is 0 Å². The smallest absolute Gasteiger partial charge is 0.327 e. The second-order valence-electron chi connectivity index (χ2n) is 5.01. The van der Waals surface area contributed by atoms with Crippen LogP contribution in [0.4, 0.5) is 0 Å². The van der Waals surface area contributed by atoms with Crippen LogP contribution in [0.25, 0.3) is 0 Å². The quantitative estimate of drug-likeness (QED) is 0.742. The molecule has 19 heavy (non-hydrogen) atoms. The van der Waals surface area contributed by atoms with E-state index in [1.54, 1.807) is 16.7 Å². The standard InChI is InChI=1S/C13H24N2O3S/c1-3-5-11-15(10(8-19-11)13(17)18)12(16)9(2)6-4-7-14/h9-11H,3-8,14H2,1-2H3,(H,17,18). The van der Waals surface area contributed by atoms with Crippen LogP contribution >= 0.6 is 11.8 Å². The molecule has 0 spiro atoms. The van der Waals surface area contributed by atoms with E-state index in [1.165, 1.54) is 0 Å². The molecule has 0 aromatic heterocycles. The monoisotopic (exact) mass is 288 g/mol. The molecule has 1 aliphatic heterocycles. The van der Waals surface area contributed by atoms with Crippen molar-refractivity contribution in [3.63, 3.8) is 0 Å². The van der Waals surface area contributed by atoms with Gasteiger partial charge in [0.2, 0.25) is 5.91 Å². The number of hydrogen-bond acceptors (Lipinski definition) is 4. The molecule has 0 radical (unpaired) electrons. The molecule has 1 saturated heterocycles. The Kier molecular flexibility index (Phi) is 6.65. The summed E-state index contributed by atoms with van der Waals surface area (Å²) in [6.45, 7) is 4.48. The average Bonchev–Trinajstić information content (AvgIpc) is 2.79. The van der Waals surface area contributed by atoms with Gasteiger partial charge in [0.1, 0.15) is 6.04 Å². The summed E-state index contributed by atoms with van der Waals surface area (Å²) >= 11 is 1.58. The second-order valence-corrected chi connectivity index (χ2v) is 6.22. The number of nitrogens with two attached hydrogens (primary N) is 1. The third-order valence-corrected chi connectivity index (χ3v) is 4.79. The van der Waals surface area contributed by atoms with Crippen LogP contribution in [-0.4, -0.2) is 45.6 Å². The summed E-state index contributed by atoms with van der Waals surface area (Å²) in [4.78, 5) is 25.3. The molecule has 5 nitrogen and oxygen atoms in total. The Morgan fingerprint density at radius 2 is 2.21 bits per heavy atom. The number of hydrogen-bond donors (Lipinski definition) is 2. The lowest BCUT2D eigenvalue weighted by molar-refractivity contribution is -0.150. The summed E-state index contributed by atoms with van der Waals surface area (Å²) in [6.07, 6.45) is 3.32. The maximum absolute atomic E-state index is 12.5. The zero-order valence-electron chi connectivity index (χ0n) is 11.7. The summed E-state index contributed by atoms with van der Waals surface area (Å²) in [5, 5.41) is 9.26. The molecule has 1 heterocycles. The van der Waals surface area contributed by atoms with Crippen molar-refractivity contribution in [2.45, 2.75) is 50.9 Å². The molecule has 1 amide bonds. The second kappa shape index (κ2) is 7.75. The minimum absolute atomic E-state index is 0.0129. The zero-order chi connectivity index (χ0) is 14.4. The molecule has 1 aliphatic rings. The maximum atomic E-state index is 12.5. The van der Waals surface area contributed by atoms with Gasteiger partial charge in [-0.25, -0.2) is 4.79 Å². The van der Waals surface area contributed by atoms with Crippen molar-refractivity contribution in [1.82, 2.24) is 4.90 Å². The molecular formula is C13H24N2O3S. The summed E-state index contributed by atoms with van der Waals surface area (Å²) < 4.78 is 0. The molecule has 0 aromatic rings. The van der Waals surface area contributed by atoms with E-state index in [0.29, 0.717) is 12.3 Å². The fourth-order valence-electron chi connectivity index (χ4n) is 2.32. The molecule has 0 saturated carbocycles. The first-order chi connectivity index (χ1) is 9.02. The Labute approximate surface area is 118 Å². The highest BCUT2D eigenvalue weighted by Gasteiger charge is 2.42. The average molecular weight is 288 g/mol. The van der Waals surface area contributed by atoms with Crippen LogP contribution in [-0.2, 0) is 9.59 Å². The highest BCUT2D eigenvalue weighted by atomic mass is 32.2. The zero-order valence-corrected chi connectivity index (χ0v) is 12.5. The largest absolute Gasteiger partial charge is 0.480 e. The van der Waals surface area contributed by atoms with Crippen molar-refractivity contribution in [2.75, 3.05) is 12.3 Å². The number of carboxylic acid groups (broad SMARTS) is 1. The van der Waals surface area contributed by atoms with E-state index >= 15 is 0 Å². The molecule has 0 aromatic carbocycles. The van der Waals surface area contributed by atoms with Gasteiger partial charge in [-0.3, -0.25) is 4.79 Å². The van der Waals surface area contributed by atoms with Crippen LogP contribution in [0.2, 0.25) is 0 Å². The normalized spacial score (nSPS) is 24.5. The first kappa shape index (κ1) is 16.3. The SMILES string of the molecule is CCCC1SCC(C(=O)O)N1C(=O)C(C)CCCN. The van der Waals surface area contributed by atoms with Gasteiger partial charge < -0.3 is 15.7 Å². The van der Waals surface area contributed by atoms with E-state index in [1.807, 2.05) is 6.92 Å². The Morgan fingerprint density at radius 3 is 2.74 bits per heavy atom. The molecule has 6 heteroatoms. The maximum Gasteiger partial charge on any atom is 0.327 e. The number of aliphatic carboxylic acids is 1. The highest BCUT2D eigenvalue weighted by Crippen LogP contribution is 2.33. The number of rotatable bonds is 7. The molecule has 3 unspecified atom stereocenters. The molecule has 1 fully saturated rings. The summed E-state index contributed by atoms with van der Waals surface area (Å²) in [6, 6.07) is -0.672. The van der Waals surface area contributed by atoms with E-state index in [-0.39, 0.29) is 17.2 Å². The predicted molar refractivity (Wildman–Crippen MR) is 76.9 cm³/mol. The first-order valence-corrected chi connectivity index (χ1v) is 7.94. The van der Waals surface area contributed by atoms with Gasteiger partial charge in [0.05, 0.1) is 5.37 Å². The lowest BCUT2D eigenvalue weighted by Crippen LogP contribution is -2.47. The van der Waals surface area contributed by atoms with Gasteiger partial charge in [-0.05, 0) is 25.8 Å². The number of carboxylic acids is 1. The number of nitrogens with zero attached hydrogens (tertiary/aromatic N) is 1. The van der Waals surface area contributed by atoms with Crippen molar-refractivity contribution >= 4 is 23.6 Å². The van der Waals surface area contributed by atoms with Crippen LogP contribution in [0.3, 0.4) is 0 Å². The summed E-state index contributed by atoms with van der Waals surface area (Å²) in [5.74, 6) is -0.590. The number of carbonyl (C=O) groups excluding carboxylic acids is 1. The molecule has 1 rings (SSSR count). The molecule has 3 N–H and O–H groups in total. The predicted octanol–water partition coefficient (Wildman–Crippen LogP) is 1.52. The van der Waals surface area contributed by atoms with Gasteiger partial charge >= 0.3 is 5.97 Å². The van der Waals surface area contributed by atoms with Gasteiger partial charge in [0, 0.05) is 11.7 Å². The lowest BCUT2D eigenvalue weighted by atomic mass is 10.0. The minimum Gasteiger partial charge on any atom is -0.480 e. The third-order valence-electron chi connectivity index (χ3n) is 3.43. The van der Waals surface area contributed by atoms with Crippen molar-refractivity contribution in [3.8, 4) is 0 Å². The van der Waals surface area contributed by atoms with Crippen LogP contribution in [0.15, 0.2) is 0 Å². The van der Waals surface area contributed by atoms with Gasteiger partial charge in [-0.15, -0.1) is 11.8 Å². The van der Waals surface area contributed by atoms with Crippen LogP contribution < -0.4 is 5.73 Å². The van der Waals surface area contributed by atoms with Crippen LogP contribution in [0.1, 0.15) is 39.5 Å². The fourth-order valence-corrected chi connectivity index (χ4v) is 3.84. The molecular weight excluding hydrogens is 264 g/mol. The van der Waals surface area contributed by atoms with Gasteiger partial charge in [0.15, 0.2) is 0 Å². The number of amides is 1. The number of carbonyl (C=O) groups is 2. The highest BCUT2D eigenvalue weighted by molar-refractivity contribution is 8.00. The Balaban J connectivity index is 2.76. The lowest BCUT2D eigenvalue weighted by Gasteiger charge is -2.29. The van der Waals surface area contributed by atoms with E-state index in [9.17, 15) is 14.7 Å². The van der Waals surface area contributed by atoms with Crippen molar-refractivity contribution < 1.29 is 14.7 Å². The molecule has 110 valence electrons. The van der Waals surface area contributed by atoms with Crippen molar-refractivity contribution in [3.05, 3.63) is 0 Å². The minimum atomic E-state index is -0.898. The summed E-state index contributed by atoms with van der Waals surface area (Å²) in [7, 11) is 0. The van der Waals surface area contributed by atoms with Gasteiger partial charge in [-0.1, -0.05) is 20.3 Å². The first-order valence-electron chi connectivity index (χ1n) is 6.89. The van der Waals surface area contributed by atoms with E-state index < -0.39 is 12.0 Å². The third kappa shape index (κ3) is 4.11. The Hall–Kier alpha value is -0.750. The summed E-state index contributed by atoms with van der Waals surface area (Å²) in [5.41, 5.74) is 5.46. The number of thioether (sulfide) groups is 1. The molecule has 3 atom stereocenters. The van der Waals surface area contributed by atoms with E-state index in [4.69, 9.17) is 5.73 Å². The van der Waals surface area contributed by atoms with Crippen molar-refractivity contribution in [1.29, 1.82) is 0 Å². The fraction of sp³-hybridized carbons (Fsp3) is 0.846. The Morgan fingerprint density at radius 1 is 1.53 bits per heavy atom. The van der Waals surface area contributed by atoms with Crippen molar-refractivity contribution in [2.24, 2.45) is 11.7 Å². The van der Waals surface area contributed by atoms with E-state index in [0.717, 1.165) is 25.7 Å². The Bertz CT molecular complexity index is 325. The topological polar surface area (TPSA) is 83.6 Å². The molecule has 0 aliphatic carbocycles. The van der Waals surface area contributed by atoms with Crippen LogP contribution in [0, 0.1) is 5.92 Å². The van der Waals surface area contributed by atoms with Gasteiger partial charge in [-0.2, -0.15) is 0 Å². The molecule has 0 bridgehead atoms. The van der Waals surface area contributed by atoms with Crippen LogP contribution in [0.5, 0.6) is 0 Å².